The van der Waals surface area contributed by atoms with Gasteiger partial charge in [-0.05, 0) is 54.4 Å². The van der Waals surface area contributed by atoms with Crippen LogP contribution in [0.25, 0.3) is 10.8 Å². The first-order chi connectivity index (χ1) is 15.1. The molecule has 2 aromatic carbocycles. The number of aromatic nitrogens is 1. The Morgan fingerprint density at radius 1 is 0.968 bits per heavy atom. The summed E-state index contributed by atoms with van der Waals surface area (Å²) in [4.78, 5) is 4.58. The zero-order valence-electron chi connectivity index (χ0n) is 18.1. The molecule has 6 nitrogen and oxygen atoms in total. The summed E-state index contributed by atoms with van der Waals surface area (Å²) in [7, 11) is 3.32. The molecule has 0 atom stereocenters. The van der Waals surface area contributed by atoms with E-state index in [1.54, 1.807) is 14.2 Å². The second-order valence-electron chi connectivity index (χ2n) is 9.13. The minimum atomic E-state index is 0.240. The van der Waals surface area contributed by atoms with Crippen molar-refractivity contribution in [1.82, 2.24) is 4.98 Å². The second-order valence-corrected chi connectivity index (χ2v) is 9.13. The van der Waals surface area contributed by atoms with Crippen LogP contribution < -0.4 is 20.1 Å². The van der Waals surface area contributed by atoms with Crippen molar-refractivity contribution in [2.24, 2.45) is 10.8 Å². The van der Waals surface area contributed by atoms with Gasteiger partial charge in [0.1, 0.15) is 17.3 Å². The number of methoxy groups -OCH3 is 2. The number of hydrogen-bond acceptors (Lipinski definition) is 6. The van der Waals surface area contributed by atoms with Crippen LogP contribution in [-0.2, 0) is 6.54 Å². The van der Waals surface area contributed by atoms with Crippen molar-refractivity contribution in [3.05, 3.63) is 54.2 Å². The van der Waals surface area contributed by atoms with E-state index in [1.807, 2.05) is 24.4 Å². The Hall–Kier alpha value is -2.99. The van der Waals surface area contributed by atoms with Crippen LogP contribution in [0.2, 0.25) is 0 Å². The van der Waals surface area contributed by atoms with Crippen molar-refractivity contribution in [2.75, 3.05) is 38.0 Å². The van der Waals surface area contributed by atoms with Crippen LogP contribution in [-0.4, -0.2) is 37.5 Å². The van der Waals surface area contributed by atoms with Crippen molar-refractivity contribution >= 4 is 22.3 Å². The fourth-order valence-corrected chi connectivity index (χ4v) is 5.55. The summed E-state index contributed by atoms with van der Waals surface area (Å²) in [6, 6.07) is 14.2. The van der Waals surface area contributed by atoms with Crippen LogP contribution >= 0.6 is 0 Å². The molecular formula is C25H29N3O3. The van der Waals surface area contributed by atoms with Crippen molar-refractivity contribution < 1.29 is 14.6 Å². The molecule has 6 heteroatoms. The van der Waals surface area contributed by atoms with E-state index < -0.39 is 0 Å². The van der Waals surface area contributed by atoms with E-state index in [4.69, 9.17) is 9.47 Å². The molecule has 2 bridgehead atoms. The van der Waals surface area contributed by atoms with E-state index in [0.29, 0.717) is 18.6 Å². The van der Waals surface area contributed by atoms with Crippen LogP contribution in [0, 0.1) is 10.8 Å². The Morgan fingerprint density at radius 2 is 1.81 bits per heavy atom. The summed E-state index contributed by atoms with van der Waals surface area (Å²) in [6.45, 7) is 1.90. The molecule has 0 aliphatic heterocycles. The molecule has 162 valence electrons. The number of ether oxygens (including phenoxy) is 2. The Bertz CT molecular complexity index is 1090. The largest absolute Gasteiger partial charge is 0.497 e. The summed E-state index contributed by atoms with van der Waals surface area (Å²) >= 11 is 0. The number of benzene rings is 2. The Labute approximate surface area is 182 Å². The number of fused-ring (bicyclic) bond motifs is 1. The van der Waals surface area contributed by atoms with Gasteiger partial charge in [0.25, 0.3) is 0 Å². The third-order valence-corrected chi connectivity index (χ3v) is 6.99. The van der Waals surface area contributed by atoms with Crippen LogP contribution in [0.1, 0.15) is 24.8 Å². The Kier molecular flexibility index (Phi) is 4.89. The van der Waals surface area contributed by atoms with Gasteiger partial charge in [0.05, 0.1) is 14.2 Å². The average Bonchev–Trinajstić information content (AvgIpc) is 2.76. The lowest BCUT2D eigenvalue weighted by molar-refractivity contribution is -0.214. The molecule has 0 amide bonds. The lowest BCUT2D eigenvalue weighted by Crippen LogP contribution is -2.65. The summed E-state index contributed by atoms with van der Waals surface area (Å²) in [5.74, 6) is 2.41. The maximum Gasteiger partial charge on any atom is 0.134 e. The molecule has 3 aromatic rings. The van der Waals surface area contributed by atoms with Gasteiger partial charge in [-0.1, -0.05) is 12.1 Å². The monoisotopic (exact) mass is 419 g/mol. The van der Waals surface area contributed by atoms with Crippen LogP contribution in [0.15, 0.2) is 48.7 Å². The highest BCUT2D eigenvalue weighted by Gasteiger charge is 2.66. The topological polar surface area (TPSA) is 75.6 Å². The number of nitrogens with zero attached hydrogens (tertiary/aromatic N) is 1. The third-order valence-electron chi connectivity index (χ3n) is 6.99. The van der Waals surface area contributed by atoms with Crippen molar-refractivity contribution in [3.8, 4) is 11.5 Å². The maximum absolute atomic E-state index is 9.50. The van der Waals surface area contributed by atoms with Gasteiger partial charge in [0, 0.05) is 54.0 Å². The highest BCUT2D eigenvalue weighted by molar-refractivity contribution is 5.99. The standard InChI is InChI=1S/C25H29N3O3/c1-30-18-7-6-17(22(10-18)31-2)11-27-23-20-4-3-5-21(19(20)8-9-26-23)28-15-24-12-25(13-24,14-24)16-29/h3-10,28-29H,11-16H2,1-2H3,(H,26,27). The van der Waals surface area contributed by atoms with E-state index in [-0.39, 0.29) is 5.41 Å². The average molecular weight is 420 g/mol. The van der Waals surface area contributed by atoms with E-state index in [1.165, 1.54) is 0 Å². The minimum absolute atomic E-state index is 0.240. The van der Waals surface area contributed by atoms with Gasteiger partial charge >= 0.3 is 0 Å². The normalized spacial score (nSPS) is 23.6. The van der Waals surface area contributed by atoms with Gasteiger partial charge in [-0.2, -0.15) is 0 Å². The van der Waals surface area contributed by atoms with Gasteiger partial charge in [0.2, 0.25) is 0 Å². The van der Waals surface area contributed by atoms with E-state index in [2.05, 4.69) is 39.9 Å². The first-order valence-electron chi connectivity index (χ1n) is 10.8. The van der Waals surface area contributed by atoms with Gasteiger partial charge in [-0.25, -0.2) is 4.98 Å². The highest BCUT2D eigenvalue weighted by Crippen LogP contribution is 2.72. The molecule has 31 heavy (non-hydrogen) atoms. The number of anilines is 2. The second kappa shape index (κ2) is 7.61. The Morgan fingerprint density at radius 3 is 2.55 bits per heavy atom. The van der Waals surface area contributed by atoms with Gasteiger partial charge in [-0.3, -0.25) is 0 Å². The van der Waals surface area contributed by atoms with E-state index >= 15 is 0 Å². The van der Waals surface area contributed by atoms with Crippen LogP contribution in [0.5, 0.6) is 11.5 Å². The van der Waals surface area contributed by atoms with Crippen molar-refractivity contribution in [1.29, 1.82) is 0 Å². The molecule has 3 N–H and O–H groups in total. The highest BCUT2D eigenvalue weighted by atomic mass is 16.5. The van der Waals surface area contributed by atoms with Crippen LogP contribution in [0.4, 0.5) is 11.5 Å². The van der Waals surface area contributed by atoms with Gasteiger partial charge < -0.3 is 25.2 Å². The smallest absolute Gasteiger partial charge is 0.134 e. The summed E-state index contributed by atoms with van der Waals surface area (Å²) in [5, 5.41) is 18.9. The first-order valence-corrected chi connectivity index (χ1v) is 10.8. The zero-order chi connectivity index (χ0) is 21.5. The molecule has 0 saturated heterocycles. The molecule has 0 unspecified atom stereocenters. The fraction of sp³-hybridized carbons (Fsp3) is 0.400. The zero-order valence-corrected chi connectivity index (χ0v) is 18.1. The molecule has 1 aromatic heterocycles. The number of hydrogen-bond donors (Lipinski definition) is 3. The summed E-state index contributed by atoms with van der Waals surface area (Å²) < 4.78 is 10.8. The number of rotatable bonds is 9. The molecule has 0 radical (unpaired) electrons. The molecule has 1 heterocycles. The van der Waals surface area contributed by atoms with Crippen molar-refractivity contribution in [2.45, 2.75) is 25.8 Å². The SMILES string of the molecule is COc1ccc(CNc2nccc3c(NCC45CC(CO)(C4)C5)cccc23)c(OC)c1. The molecule has 3 aliphatic carbocycles. The molecule has 0 spiro atoms. The number of aliphatic hydroxyl groups excluding tert-OH is 1. The van der Waals surface area contributed by atoms with Gasteiger partial charge in [-0.15, -0.1) is 0 Å². The van der Waals surface area contributed by atoms with Gasteiger partial charge in [0.15, 0.2) is 0 Å². The van der Waals surface area contributed by atoms with Crippen molar-refractivity contribution in [3.63, 3.8) is 0 Å². The predicted molar refractivity (Wildman–Crippen MR) is 123 cm³/mol. The summed E-state index contributed by atoms with van der Waals surface area (Å²) in [6.07, 6.45) is 5.29. The molecule has 3 aliphatic rings. The Balaban J connectivity index is 1.32. The quantitative estimate of drug-likeness (QED) is 0.476. The van der Waals surface area contributed by atoms with E-state index in [9.17, 15) is 5.11 Å². The lowest BCUT2D eigenvalue weighted by Gasteiger charge is -2.70. The van der Waals surface area contributed by atoms with Crippen LogP contribution in [0.3, 0.4) is 0 Å². The molecule has 3 saturated carbocycles. The predicted octanol–water partition coefficient (Wildman–Crippen LogP) is 4.44. The number of pyridine rings is 1. The number of nitrogens with one attached hydrogen (secondary N) is 2. The molecular weight excluding hydrogens is 390 g/mol. The summed E-state index contributed by atoms with van der Waals surface area (Å²) in [5.41, 5.74) is 2.79. The first kappa shape index (κ1) is 19.9. The molecule has 3 fully saturated rings. The fourth-order valence-electron chi connectivity index (χ4n) is 5.55. The number of aliphatic hydroxyl groups is 1. The van der Waals surface area contributed by atoms with E-state index in [0.717, 1.165) is 65.1 Å². The lowest BCUT2D eigenvalue weighted by atomic mass is 9.35. The molecule has 6 rings (SSSR count). The maximum atomic E-state index is 9.50. The third kappa shape index (κ3) is 3.45. The minimum Gasteiger partial charge on any atom is -0.497 e.